The Morgan fingerprint density at radius 1 is 1.17 bits per heavy atom. The van der Waals surface area contributed by atoms with Crippen molar-refractivity contribution in [3.8, 4) is 0 Å². The average molecular weight is 425 g/mol. The molecule has 0 N–H and O–H groups in total. The van der Waals surface area contributed by atoms with E-state index in [1.807, 2.05) is 19.1 Å². The molecule has 0 amide bonds. The summed E-state index contributed by atoms with van der Waals surface area (Å²) in [5.41, 5.74) is 2.42. The molecule has 0 radical (unpaired) electrons. The molecule has 1 aromatic carbocycles. The highest BCUT2D eigenvalue weighted by atomic mass is 35.5. The molecular formula is C21H17ClN4O2S. The SMILES string of the molecule is C=CCn1c(SCc2cc(=O)n3cc(C)ccc3n2)nc2cc(Cl)ccc2c1=O. The number of aromatic nitrogens is 4. The standard InChI is InChI=1S/C21H17ClN4O2S/c1-3-8-25-20(28)16-6-5-14(22)9-17(16)24-21(25)29-12-15-10-19(27)26-11-13(2)4-7-18(26)23-15/h3-7,9-11H,1,8,12H2,2H3. The van der Waals surface area contributed by atoms with Crippen molar-refractivity contribution in [1.82, 2.24) is 18.9 Å². The van der Waals surface area contributed by atoms with Crippen LogP contribution in [-0.2, 0) is 12.3 Å². The van der Waals surface area contributed by atoms with E-state index in [0.717, 1.165) is 5.56 Å². The highest BCUT2D eigenvalue weighted by Crippen LogP contribution is 2.23. The topological polar surface area (TPSA) is 69.3 Å². The molecule has 0 aliphatic rings. The van der Waals surface area contributed by atoms with Gasteiger partial charge >= 0.3 is 0 Å². The number of hydrogen-bond acceptors (Lipinski definition) is 5. The third-order valence-electron chi connectivity index (χ3n) is 4.40. The highest BCUT2D eigenvalue weighted by molar-refractivity contribution is 7.98. The second kappa shape index (κ2) is 7.85. The van der Waals surface area contributed by atoms with Crippen LogP contribution in [0.15, 0.2) is 70.0 Å². The molecule has 0 atom stereocenters. The minimum absolute atomic E-state index is 0.143. The molecule has 0 bridgehead atoms. The molecule has 0 saturated heterocycles. The zero-order valence-electron chi connectivity index (χ0n) is 15.6. The van der Waals surface area contributed by atoms with Gasteiger partial charge < -0.3 is 0 Å². The molecule has 3 aromatic heterocycles. The van der Waals surface area contributed by atoms with Crippen molar-refractivity contribution in [1.29, 1.82) is 0 Å². The first-order chi connectivity index (χ1) is 14.0. The third kappa shape index (κ3) is 3.83. The molecule has 0 spiro atoms. The first-order valence-corrected chi connectivity index (χ1v) is 10.3. The Balaban J connectivity index is 1.74. The second-order valence-electron chi connectivity index (χ2n) is 6.57. The zero-order valence-corrected chi connectivity index (χ0v) is 17.2. The lowest BCUT2D eigenvalue weighted by atomic mass is 10.2. The number of pyridine rings is 1. The van der Waals surface area contributed by atoms with Crippen LogP contribution >= 0.6 is 23.4 Å². The number of allylic oxidation sites excluding steroid dienone is 1. The van der Waals surface area contributed by atoms with Gasteiger partial charge in [0, 0.05) is 29.6 Å². The van der Waals surface area contributed by atoms with Gasteiger partial charge in [0.25, 0.3) is 11.1 Å². The quantitative estimate of drug-likeness (QED) is 0.276. The number of nitrogens with zero attached hydrogens (tertiary/aromatic N) is 4. The Hall–Kier alpha value is -2.90. The minimum atomic E-state index is -0.156. The van der Waals surface area contributed by atoms with Crippen LogP contribution in [-0.4, -0.2) is 18.9 Å². The Bertz CT molecular complexity index is 1380. The predicted molar refractivity (Wildman–Crippen MR) is 117 cm³/mol. The maximum atomic E-state index is 12.9. The molecule has 4 aromatic rings. The van der Waals surface area contributed by atoms with E-state index in [1.165, 1.54) is 22.2 Å². The van der Waals surface area contributed by atoms with Crippen LogP contribution in [0.3, 0.4) is 0 Å². The normalized spacial score (nSPS) is 11.2. The van der Waals surface area contributed by atoms with Crippen LogP contribution in [0.2, 0.25) is 5.02 Å². The predicted octanol–water partition coefficient (Wildman–Crippen LogP) is 3.84. The van der Waals surface area contributed by atoms with Gasteiger partial charge in [0.15, 0.2) is 5.16 Å². The van der Waals surface area contributed by atoms with Crippen molar-refractivity contribution in [2.45, 2.75) is 24.4 Å². The second-order valence-corrected chi connectivity index (χ2v) is 7.95. The summed E-state index contributed by atoms with van der Waals surface area (Å²) in [4.78, 5) is 34.4. The molecule has 146 valence electrons. The molecule has 3 heterocycles. The number of aryl methyl sites for hydroxylation is 1. The lowest BCUT2D eigenvalue weighted by Crippen LogP contribution is -2.23. The van der Waals surface area contributed by atoms with Crippen LogP contribution < -0.4 is 11.1 Å². The van der Waals surface area contributed by atoms with Gasteiger partial charge in [0.05, 0.1) is 16.6 Å². The average Bonchev–Trinajstić information content (AvgIpc) is 2.69. The van der Waals surface area contributed by atoms with E-state index in [1.54, 1.807) is 35.0 Å². The Morgan fingerprint density at radius 2 is 2.00 bits per heavy atom. The van der Waals surface area contributed by atoms with Crippen LogP contribution in [0.5, 0.6) is 0 Å². The minimum Gasteiger partial charge on any atom is -0.283 e. The molecule has 6 nitrogen and oxygen atoms in total. The lowest BCUT2D eigenvalue weighted by Gasteiger charge is -2.11. The van der Waals surface area contributed by atoms with Gasteiger partial charge in [-0.05, 0) is 36.8 Å². The fourth-order valence-corrected chi connectivity index (χ4v) is 4.11. The summed E-state index contributed by atoms with van der Waals surface area (Å²) in [7, 11) is 0. The first-order valence-electron chi connectivity index (χ1n) is 8.89. The Labute approximate surface area is 175 Å². The largest absolute Gasteiger partial charge is 0.283 e. The van der Waals surface area contributed by atoms with E-state index in [4.69, 9.17) is 11.6 Å². The van der Waals surface area contributed by atoms with Crippen molar-refractivity contribution in [3.63, 3.8) is 0 Å². The Morgan fingerprint density at radius 3 is 2.79 bits per heavy atom. The molecule has 0 aliphatic carbocycles. The monoisotopic (exact) mass is 424 g/mol. The number of thioether (sulfide) groups is 1. The van der Waals surface area contributed by atoms with Crippen molar-refractivity contribution in [2.24, 2.45) is 0 Å². The molecule has 0 fully saturated rings. The van der Waals surface area contributed by atoms with Gasteiger partial charge in [-0.3, -0.25) is 18.6 Å². The smallest absolute Gasteiger partial charge is 0.262 e. The molecular weight excluding hydrogens is 408 g/mol. The number of rotatable bonds is 5. The van der Waals surface area contributed by atoms with E-state index < -0.39 is 0 Å². The molecule has 8 heteroatoms. The van der Waals surface area contributed by atoms with Gasteiger partial charge in [-0.25, -0.2) is 9.97 Å². The maximum absolute atomic E-state index is 12.9. The molecule has 0 saturated carbocycles. The molecule has 0 aliphatic heterocycles. The van der Waals surface area contributed by atoms with Gasteiger partial charge in [-0.1, -0.05) is 35.5 Å². The fourth-order valence-electron chi connectivity index (χ4n) is 3.04. The van der Waals surface area contributed by atoms with Crippen LogP contribution in [0.4, 0.5) is 0 Å². The number of halogens is 1. The van der Waals surface area contributed by atoms with Crippen LogP contribution in [0.1, 0.15) is 11.3 Å². The van der Waals surface area contributed by atoms with Crippen molar-refractivity contribution in [3.05, 3.63) is 92.2 Å². The third-order valence-corrected chi connectivity index (χ3v) is 5.65. The highest BCUT2D eigenvalue weighted by Gasteiger charge is 2.12. The van der Waals surface area contributed by atoms with E-state index >= 15 is 0 Å². The summed E-state index contributed by atoms with van der Waals surface area (Å²) in [6, 6.07) is 10.3. The fraction of sp³-hybridized carbons (Fsp3) is 0.143. The van der Waals surface area contributed by atoms with Crippen LogP contribution in [0.25, 0.3) is 16.6 Å². The van der Waals surface area contributed by atoms with Crippen molar-refractivity contribution >= 4 is 39.9 Å². The van der Waals surface area contributed by atoms with Gasteiger partial charge in [-0.2, -0.15) is 0 Å². The first kappa shape index (κ1) is 19.4. The van der Waals surface area contributed by atoms with Gasteiger partial charge in [0.2, 0.25) is 0 Å². The number of hydrogen-bond donors (Lipinski definition) is 0. The summed E-state index contributed by atoms with van der Waals surface area (Å²) < 4.78 is 3.08. The summed E-state index contributed by atoms with van der Waals surface area (Å²) in [6.07, 6.45) is 3.41. The van der Waals surface area contributed by atoms with Crippen LogP contribution in [0, 0.1) is 6.92 Å². The van der Waals surface area contributed by atoms with Crippen molar-refractivity contribution < 1.29 is 0 Å². The van der Waals surface area contributed by atoms with E-state index in [0.29, 0.717) is 44.7 Å². The number of fused-ring (bicyclic) bond motifs is 2. The maximum Gasteiger partial charge on any atom is 0.262 e. The zero-order chi connectivity index (χ0) is 20.5. The molecule has 29 heavy (non-hydrogen) atoms. The summed E-state index contributed by atoms with van der Waals surface area (Å²) in [5, 5.41) is 1.54. The summed E-state index contributed by atoms with van der Waals surface area (Å²) in [6.45, 7) is 5.99. The summed E-state index contributed by atoms with van der Waals surface area (Å²) >= 11 is 7.41. The summed E-state index contributed by atoms with van der Waals surface area (Å²) in [5.74, 6) is 0.398. The molecule has 4 rings (SSSR count). The van der Waals surface area contributed by atoms with E-state index in [2.05, 4.69) is 16.5 Å². The van der Waals surface area contributed by atoms with Gasteiger partial charge in [-0.15, -0.1) is 6.58 Å². The van der Waals surface area contributed by atoms with Crippen molar-refractivity contribution in [2.75, 3.05) is 0 Å². The van der Waals surface area contributed by atoms with E-state index in [-0.39, 0.29) is 11.1 Å². The lowest BCUT2D eigenvalue weighted by molar-refractivity contribution is 0.671. The Kier molecular flexibility index (Phi) is 5.25. The number of benzene rings is 1. The van der Waals surface area contributed by atoms with E-state index in [9.17, 15) is 9.59 Å². The molecule has 0 unspecified atom stereocenters. The van der Waals surface area contributed by atoms with Gasteiger partial charge in [0.1, 0.15) is 5.65 Å².